The Morgan fingerprint density at radius 3 is 2.59 bits per heavy atom. The Labute approximate surface area is 153 Å². The summed E-state index contributed by atoms with van der Waals surface area (Å²) < 4.78 is 7.00. The predicted molar refractivity (Wildman–Crippen MR) is 95.3 cm³/mol. The molecule has 0 spiro atoms. The zero-order valence-corrected chi connectivity index (χ0v) is 14.1. The van der Waals surface area contributed by atoms with Crippen molar-refractivity contribution in [2.75, 3.05) is 6.61 Å². The summed E-state index contributed by atoms with van der Waals surface area (Å²) in [6.07, 6.45) is -0.106. The molecule has 2 aromatic heterocycles. The third kappa shape index (κ3) is 3.06. The number of benzene rings is 1. The van der Waals surface area contributed by atoms with Crippen LogP contribution in [-0.2, 0) is 4.74 Å². The Balaban J connectivity index is 1.73. The lowest BCUT2D eigenvalue weighted by Crippen LogP contribution is -2.33. The normalized spacial score (nSPS) is 26.0. The van der Waals surface area contributed by atoms with E-state index in [1.165, 1.54) is 23.3 Å². The third-order valence-electron chi connectivity index (χ3n) is 4.52. The average molecular weight is 370 g/mol. The van der Waals surface area contributed by atoms with Crippen LogP contribution in [0.1, 0.15) is 17.5 Å². The Morgan fingerprint density at radius 2 is 1.89 bits per heavy atom. The van der Waals surface area contributed by atoms with Crippen molar-refractivity contribution in [1.29, 1.82) is 0 Å². The van der Waals surface area contributed by atoms with Crippen LogP contribution >= 0.6 is 0 Å². The summed E-state index contributed by atoms with van der Waals surface area (Å²) in [6.45, 7) is -0.421. The largest absolute Gasteiger partial charge is 0.507 e. The highest BCUT2D eigenvalue weighted by molar-refractivity contribution is 5.86. The predicted octanol–water partition coefficient (Wildman–Crippen LogP) is 0.494. The lowest BCUT2D eigenvalue weighted by Gasteiger charge is -2.16. The molecular weight excluding hydrogens is 352 g/mol. The van der Waals surface area contributed by atoms with E-state index in [1.54, 1.807) is 12.1 Å². The molecule has 140 valence electrons. The van der Waals surface area contributed by atoms with Crippen LogP contribution in [0.3, 0.4) is 0 Å². The minimum absolute atomic E-state index is 0.0260. The van der Waals surface area contributed by atoms with Crippen molar-refractivity contribution in [2.45, 2.75) is 24.5 Å². The molecule has 1 saturated heterocycles. The molecule has 0 unspecified atom stereocenters. The van der Waals surface area contributed by atoms with Crippen molar-refractivity contribution in [3.63, 3.8) is 0 Å². The summed E-state index contributed by atoms with van der Waals surface area (Å²) >= 11 is 0. The fourth-order valence-electron chi connectivity index (χ4n) is 3.09. The molecule has 1 aliphatic heterocycles. The van der Waals surface area contributed by atoms with Gasteiger partial charge in [0.25, 0.3) is 0 Å². The summed E-state index contributed by atoms with van der Waals surface area (Å²) in [6, 6.07) is 9.00. The van der Waals surface area contributed by atoms with E-state index in [-0.39, 0.29) is 5.76 Å². The van der Waals surface area contributed by atoms with Gasteiger partial charge in [-0.25, -0.2) is 15.0 Å². The molecule has 0 radical (unpaired) electrons. The second kappa shape index (κ2) is 7.05. The van der Waals surface area contributed by atoms with Gasteiger partial charge < -0.3 is 25.2 Å². The van der Waals surface area contributed by atoms with Gasteiger partial charge in [0, 0.05) is 11.6 Å². The van der Waals surface area contributed by atoms with Crippen LogP contribution in [0, 0.1) is 0 Å². The Morgan fingerprint density at radius 1 is 1.11 bits per heavy atom. The van der Waals surface area contributed by atoms with Crippen LogP contribution in [0.2, 0.25) is 0 Å². The van der Waals surface area contributed by atoms with Gasteiger partial charge in [-0.1, -0.05) is 30.3 Å². The Hall–Kier alpha value is -2.85. The highest BCUT2D eigenvalue weighted by Gasteiger charge is 2.43. The number of hydrogen-bond acceptors (Lipinski definition) is 8. The van der Waals surface area contributed by atoms with E-state index in [0.29, 0.717) is 22.4 Å². The highest BCUT2D eigenvalue weighted by atomic mass is 16.6. The van der Waals surface area contributed by atoms with E-state index in [0.717, 1.165) is 0 Å². The number of ether oxygens (including phenoxy) is 1. The molecule has 9 nitrogen and oxygen atoms in total. The molecule has 27 heavy (non-hydrogen) atoms. The number of aromatic nitrogens is 4. The maximum atomic E-state index is 10.3. The first-order valence-corrected chi connectivity index (χ1v) is 8.36. The molecule has 0 aliphatic carbocycles. The van der Waals surface area contributed by atoms with Crippen LogP contribution in [0.5, 0.6) is 0 Å². The van der Waals surface area contributed by atoms with Crippen molar-refractivity contribution in [2.24, 2.45) is 0 Å². The van der Waals surface area contributed by atoms with Crippen LogP contribution in [-0.4, -0.2) is 64.9 Å². The van der Waals surface area contributed by atoms with Crippen molar-refractivity contribution in [1.82, 2.24) is 19.5 Å². The first-order chi connectivity index (χ1) is 13.1. The molecule has 4 rings (SSSR count). The quantitative estimate of drug-likeness (QED) is 0.488. The van der Waals surface area contributed by atoms with Crippen molar-refractivity contribution in [3.8, 4) is 0 Å². The summed E-state index contributed by atoms with van der Waals surface area (Å²) in [5, 5.41) is 39.8. The van der Waals surface area contributed by atoms with E-state index in [1.807, 2.05) is 18.2 Å². The lowest BCUT2D eigenvalue weighted by atomic mass is 10.1. The molecule has 0 bridgehead atoms. The minimum Gasteiger partial charge on any atom is -0.507 e. The van der Waals surface area contributed by atoms with Crippen LogP contribution in [0.25, 0.3) is 23.0 Å². The van der Waals surface area contributed by atoms with E-state index < -0.39 is 31.1 Å². The average Bonchev–Trinajstić information content (AvgIpc) is 3.25. The fourth-order valence-corrected chi connectivity index (χ4v) is 3.09. The van der Waals surface area contributed by atoms with Crippen LogP contribution in [0.15, 0.2) is 43.0 Å². The standard InChI is InChI=1S/C18H18N4O5/c23-7-13-15(25)16(26)18(27-13)22-9-21-14-11(19-8-20-17(14)22)6-12(24)10-4-2-1-3-5-10/h1-6,8-9,13,15-16,18,23-26H,7H2/b12-6+/t13-,15+,16+,18+/m0/s1. The maximum Gasteiger partial charge on any atom is 0.166 e. The number of aliphatic hydroxyl groups excluding tert-OH is 4. The van der Waals surface area contributed by atoms with Crippen LogP contribution < -0.4 is 0 Å². The number of nitrogens with zero attached hydrogens (tertiary/aromatic N) is 4. The van der Waals surface area contributed by atoms with Gasteiger partial charge in [0.1, 0.15) is 35.9 Å². The summed E-state index contributed by atoms with van der Waals surface area (Å²) in [4.78, 5) is 12.6. The Bertz CT molecular complexity index is 974. The molecule has 0 amide bonds. The second-order valence-electron chi connectivity index (χ2n) is 6.21. The first-order valence-electron chi connectivity index (χ1n) is 8.36. The number of imidazole rings is 1. The van der Waals surface area contributed by atoms with Gasteiger partial charge in [-0.2, -0.15) is 0 Å². The van der Waals surface area contributed by atoms with Gasteiger partial charge in [0.2, 0.25) is 0 Å². The van der Waals surface area contributed by atoms with E-state index >= 15 is 0 Å². The smallest absolute Gasteiger partial charge is 0.166 e. The van der Waals surface area contributed by atoms with Gasteiger partial charge in [0.15, 0.2) is 11.9 Å². The molecule has 1 aromatic carbocycles. The van der Waals surface area contributed by atoms with Crippen molar-refractivity contribution < 1.29 is 25.2 Å². The molecule has 4 atom stereocenters. The van der Waals surface area contributed by atoms with Gasteiger partial charge in [-0.05, 0) is 0 Å². The monoisotopic (exact) mass is 370 g/mol. The molecular formula is C18H18N4O5. The van der Waals surface area contributed by atoms with Crippen molar-refractivity contribution in [3.05, 3.63) is 54.2 Å². The number of rotatable bonds is 4. The zero-order valence-electron chi connectivity index (χ0n) is 14.1. The summed E-state index contributed by atoms with van der Waals surface area (Å²) in [5.41, 5.74) is 1.80. The van der Waals surface area contributed by atoms with Gasteiger partial charge in [0.05, 0.1) is 18.6 Å². The lowest BCUT2D eigenvalue weighted by molar-refractivity contribution is -0.0511. The fraction of sp³-hybridized carbons (Fsp3) is 0.278. The minimum atomic E-state index is -1.24. The van der Waals surface area contributed by atoms with E-state index in [4.69, 9.17) is 4.74 Å². The molecule has 1 aliphatic rings. The third-order valence-corrected chi connectivity index (χ3v) is 4.52. The molecule has 3 aromatic rings. The highest BCUT2D eigenvalue weighted by Crippen LogP contribution is 2.31. The molecule has 1 fully saturated rings. The SMILES string of the molecule is OC[C@@H]1O[C@@H](n2cnc3c(/C=C(/O)c4ccccc4)ncnc32)[C@H](O)[C@@H]1O. The number of fused-ring (bicyclic) bond motifs is 1. The first kappa shape index (κ1) is 17.6. The molecule has 4 N–H and O–H groups in total. The van der Waals surface area contributed by atoms with Crippen molar-refractivity contribution >= 4 is 23.0 Å². The van der Waals surface area contributed by atoms with E-state index in [2.05, 4.69) is 15.0 Å². The van der Waals surface area contributed by atoms with E-state index in [9.17, 15) is 20.4 Å². The summed E-state index contributed by atoms with van der Waals surface area (Å²) in [7, 11) is 0. The van der Waals surface area contributed by atoms with Gasteiger partial charge in [-0.3, -0.25) is 4.57 Å². The second-order valence-corrected chi connectivity index (χ2v) is 6.21. The molecule has 0 saturated carbocycles. The maximum absolute atomic E-state index is 10.3. The number of aliphatic hydroxyl groups is 4. The van der Waals surface area contributed by atoms with Crippen LogP contribution in [0.4, 0.5) is 0 Å². The zero-order chi connectivity index (χ0) is 19.0. The molecule has 9 heteroatoms. The van der Waals surface area contributed by atoms with Gasteiger partial charge >= 0.3 is 0 Å². The summed E-state index contributed by atoms with van der Waals surface area (Å²) in [5.74, 6) is 0.0260. The topological polar surface area (TPSA) is 134 Å². The number of hydrogen-bond donors (Lipinski definition) is 4. The molecule has 3 heterocycles. The Kier molecular flexibility index (Phi) is 4.58. The van der Waals surface area contributed by atoms with Gasteiger partial charge in [-0.15, -0.1) is 0 Å².